The van der Waals surface area contributed by atoms with Crippen LogP contribution in [0.15, 0.2) is 36.4 Å². The van der Waals surface area contributed by atoms with E-state index >= 15 is 0 Å². The van der Waals surface area contributed by atoms with E-state index in [2.05, 4.69) is 48.6 Å². The highest BCUT2D eigenvalue weighted by atomic mass is 16.5. The second kappa shape index (κ2) is 7.05. The van der Waals surface area contributed by atoms with Crippen LogP contribution in [0.5, 0.6) is 11.5 Å². The minimum absolute atomic E-state index is 0.217. The molecule has 3 nitrogen and oxygen atoms in total. The lowest BCUT2D eigenvalue weighted by atomic mass is 9.89. The Kier molecular flexibility index (Phi) is 4.87. The zero-order chi connectivity index (χ0) is 16.2. The molecule has 0 unspecified atom stereocenters. The predicted molar refractivity (Wildman–Crippen MR) is 93.5 cm³/mol. The van der Waals surface area contributed by atoms with Gasteiger partial charge < -0.3 is 14.8 Å². The molecule has 3 rings (SSSR count). The third kappa shape index (κ3) is 3.35. The second-order valence-corrected chi connectivity index (χ2v) is 5.91. The van der Waals surface area contributed by atoms with Crippen molar-refractivity contribution in [2.45, 2.75) is 33.2 Å². The lowest BCUT2D eigenvalue weighted by molar-refractivity contribution is 0.286. The summed E-state index contributed by atoms with van der Waals surface area (Å²) in [6, 6.07) is 13.3. The van der Waals surface area contributed by atoms with Crippen LogP contribution in [0.3, 0.4) is 0 Å². The molecular formula is C20H25NO2. The van der Waals surface area contributed by atoms with Crippen LogP contribution in [0.2, 0.25) is 0 Å². The van der Waals surface area contributed by atoms with Gasteiger partial charge in [0, 0.05) is 6.54 Å². The van der Waals surface area contributed by atoms with Gasteiger partial charge in [0.05, 0.1) is 19.3 Å². The van der Waals surface area contributed by atoms with Gasteiger partial charge in [0.2, 0.25) is 0 Å². The quantitative estimate of drug-likeness (QED) is 0.904. The summed E-state index contributed by atoms with van der Waals surface area (Å²) in [6.07, 6.45) is 1.02. The molecular weight excluding hydrogens is 286 g/mol. The van der Waals surface area contributed by atoms with Gasteiger partial charge in [-0.2, -0.15) is 0 Å². The topological polar surface area (TPSA) is 30.5 Å². The molecule has 0 aliphatic carbocycles. The summed E-state index contributed by atoms with van der Waals surface area (Å²) < 4.78 is 11.6. The lowest BCUT2D eigenvalue weighted by Gasteiger charge is -2.29. The standard InChI is InChI=1S/C20H25NO2/c1-4-22-18-12-16-10-11-21-20(15-8-6-14(3)7-9-15)17(16)13-19(18)23-5-2/h6-9,12-13,20-21H,4-5,10-11H2,1-3H3/t20-/m1/s1. The Morgan fingerprint density at radius 1 is 1.00 bits per heavy atom. The molecule has 23 heavy (non-hydrogen) atoms. The van der Waals surface area contributed by atoms with Crippen LogP contribution in [-0.2, 0) is 6.42 Å². The van der Waals surface area contributed by atoms with Crippen LogP contribution in [0.4, 0.5) is 0 Å². The molecule has 1 aliphatic rings. The molecule has 0 amide bonds. The number of rotatable bonds is 5. The highest BCUT2D eigenvalue weighted by Crippen LogP contribution is 2.37. The van der Waals surface area contributed by atoms with E-state index in [4.69, 9.17) is 9.47 Å². The monoisotopic (exact) mass is 311 g/mol. The number of hydrogen-bond acceptors (Lipinski definition) is 3. The molecule has 122 valence electrons. The Morgan fingerprint density at radius 3 is 2.30 bits per heavy atom. The Hall–Kier alpha value is -2.00. The molecule has 0 radical (unpaired) electrons. The smallest absolute Gasteiger partial charge is 0.161 e. The molecule has 3 heteroatoms. The van der Waals surface area contributed by atoms with Crippen molar-refractivity contribution in [3.63, 3.8) is 0 Å². The van der Waals surface area contributed by atoms with E-state index in [0.29, 0.717) is 13.2 Å². The van der Waals surface area contributed by atoms with E-state index in [1.165, 1.54) is 22.3 Å². The van der Waals surface area contributed by atoms with Gasteiger partial charge in [0.15, 0.2) is 11.5 Å². The van der Waals surface area contributed by atoms with Gasteiger partial charge in [-0.15, -0.1) is 0 Å². The molecule has 0 aromatic heterocycles. The highest BCUT2D eigenvalue weighted by Gasteiger charge is 2.24. The van der Waals surface area contributed by atoms with Crippen LogP contribution in [0.1, 0.15) is 42.1 Å². The van der Waals surface area contributed by atoms with Crippen molar-refractivity contribution in [2.75, 3.05) is 19.8 Å². The molecule has 0 saturated heterocycles. The summed E-state index contributed by atoms with van der Waals surface area (Å²) in [7, 11) is 0. The third-order valence-corrected chi connectivity index (χ3v) is 4.27. The minimum atomic E-state index is 0.217. The maximum absolute atomic E-state index is 5.81. The molecule has 0 spiro atoms. The summed E-state index contributed by atoms with van der Waals surface area (Å²) >= 11 is 0. The predicted octanol–water partition coefficient (Wildman–Crippen LogP) is 4.03. The fourth-order valence-electron chi connectivity index (χ4n) is 3.16. The molecule has 1 aliphatic heterocycles. The summed E-state index contributed by atoms with van der Waals surface area (Å²) in [5.74, 6) is 1.70. The average Bonchev–Trinajstić information content (AvgIpc) is 2.56. The van der Waals surface area contributed by atoms with Crippen LogP contribution >= 0.6 is 0 Å². The van der Waals surface area contributed by atoms with Crippen molar-refractivity contribution in [1.29, 1.82) is 0 Å². The van der Waals surface area contributed by atoms with E-state index in [-0.39, 0.29) is 6.04 Å². The summed E-state index contributed by atoms with van der Waals surface area (Å²) in [6.45, 7) is 8.40. The molecule has 2 aromatic carbocycles. The Balaban J connectivity index is 2.02. The number of hydrogen-bond donors (Lipinski definition) is 1. The van der Waals surface area contributed by atoms with Crippen molar-refractivity contribution < 1.29 is 9.47 Å². The van der Waals surface area contributed by atoms with Gasteiger partial charge >= 0.3 is 0 Å². The van der Waals surface area contributed by atoms with Gasteiger partial charge in [0.1, 0.15) is 0 Å². The van der Waals surface area contributed by atoms with Crippen LogP contribution in [0, 0.1) is 6.92 Å². The number of ether oxygens (including phenoxy) is 2. The Labute approximate surface area is 138 Å². The van der Waals surface area contributed by atoms with E-state index in [1.54, 1.807) is 0 Å². The van der Waals surface area contributed by atoms with Gasteiger partial charge in [-0.1, -0.05) is 29.8 Å². The molecule has 0 bridgehead atoms. The number of aryl methyl sites for hydroxylation is 1. The Bertz CT molecular complexity index is 664. The van der Waals surface area contributed by atoms with Crippen molar-refractivity contribution in [3.05, 3.63) is 58.7 Å². The van der Waals surface area contributed by atoms with Gasteiger partial charge in [-0.3, -0.25) is 0 Å². The first-order valence-corrected chi connectivity index (χ1v) is 8.45. The van der Waals surface area contributed by atoms with Gasteiger partial charge in [-0.25, -0.2) is 0 Å². The number of fused-ring (bicyclic) bond motifs is 1. The summed E-state index contributed by atoms with van der Waals surface area (Å²) in [5.41, 5.74) is 5.22. The Morgan fingerprint density at radius 2 is 1.65 bits per heavy atom. The van der Waals surface area contributed by atoms with Crippen molar-refractivity contribution >= 4 is 0 Å². The first-order chi connectivity index (χ1) is 11.2. The first-order valence-electron chi connectivity index (χ1n) is 8.45. The molecule has 0 fully saturated rings. The molecule has 1 N–H and O–H groups in total. The fraction of sp³-hybridized carbons (Fsp3) is 0.400. The zero-order valence-electron chi connectivity index (χ0n) is 14.2. The van der Waals surface area contributed by atoms with Gasteiger partial charge in [0.25, 0.3) is 0 Å². The SMILES string of the molecule is CCOc1cc2c(cc1OCC)[C@@H](c1ccc(C)cc1)NCC2. The first kappa shape index (κ1) is 15.9. The second-order valence-electron chi connectivity index (χ2n) is 5.91. The summed E-state index contributed by atoms with van der Waals surface area (Å²) in [4.78, 5) is 0. The van der Waals surface area contributed by atoms with E-state index in [1.807, 2.05) is 13.8 Å². The largest absolute Gasteiger partial charge is 0.490 e. The van der Waals surface area contributed by atoms with E-state index in [0.717, 1.165) is 24.5 Å². The normalized spacial score (nSPS) is 16.7. The number of nitrogens with one attached hydrogen (secondary N) is 1. The molecule has 0 saturated carbocycles. The maximum atomic E-state index is 5.81. The number of benzene rings is 2. The van der Waals surface area contributed by atoms with E-state index in [9.17, 15) is 0 Å². The third-order valence-electron chi connectivity index (χ3n) is 4.27. The minimum Gasteiger partial charge on any atom is -0.490 e. The fourth-order valence-corrected chi connectivity index (χ4v) is 3.16. The van der Waals surface area contributed by atoms with Crippen LogP contribution in [0.25, 0.3) is 0 Å². The van der Waals surface area contributed by atoms with Gasteiger partial charge in [-0.05, 0) is 56.0 Å². The van der Waals surface area contributed by atoms with Crippen molar-refractivity contribution in [3.8, 4) is 11.5 Å². The molecule has 2 aromatic rings. The lowest BCUT2D eigenvalue weighted by Crippen LogP contribution is -2.30. The average molecular weight is 311 g/mol. The highest BCUT2D eigenvalue weighted by molar-refractivity contribution is 5.51. The van der Waals surface area contributed by atoms with E-state index < -0.39 is 0 Å². The molecule has 1 atom stereocenters. The van der Waals surface area contributed by atoms with Crippen LogP contribution in [-0.4, -0.2) is 19.8 Å². The zero-order valence-corrected chi connectivity index (χ0v) is 14.2. The van der Waals surface area contributed by atoms with Crippen molar-refractivity contribution in [1.82, 2.24) is 5.32 Å². The van der Waals surface area contributed by atoms with Crippen LogP contribution < -0.4 is 14.8 Å². The molecule has 1 heterocycles. The van der Waals surface area contributed by atoms with Crippen molar-refractivity contribution in [2.24, 2.45) is 0 Å². The maximum Gasteiger partial charge on any atom is 0.161 e. The summed E-state index contributed by atoms with van der Waals surface area (Å²) in [5, 5.41) is 3.64.